The molecule has 7 nitrogen and oxygen atoms in total. The summed E-state index contributed by atoms with van der Waals surface area (Å²) in [4.78, 5) is 32.1. The van der Waals surface area contributed by atoms with Gasteiger partial charge in [0.1, 0.15) is 5.82 Å². The number of ether oxygens (including phenoxy) is 1. The summed E-state index contributed by atoms with van der Waals surface area (Å²) in [5.74, 6) is -1.73. The number of benzene rings is 1. The predicted octanol–water partition coefficient (Wildman–Crippen LogP) is 2.65. The number of carbonyl (C=O) groups excluding carboxylic acids is 2. The number of esters is 1. The third-order valence-corrected chi connectivity index (χ3v) is 4.08. The van der Waals surface area contributed by atoms with E-state index < -0.39 is 24.2 Å². The van der Waals surface area contributed by atoms with Crippen molar-refractivity contribution >= 4 is 17.6 Å². The van der Waals surface area contributed by atoms with Gasteiger partial charge in [-0.1, -0.05) is 12.1 Å². The number of aryl methyl sites for hydroxylation is 1. The Morgan fingerprint density at radius 1 is 1.19 bits per heavy atom. The molecule has 27 heavy (non-hydrogen) atoms. The fourth-order valence-corrected chi connectivity index (χ4v) is 2.83. The van der Waals surface area contributed by atoms with E-state index in [1.807, 2.05) is 0 Å². The number of rotatable bonds is 5. The topological polar surface area (TPSA) is 100 Å². The fourth-order valence-electron chi connectivity index (χ4n) is 2.83. The van der Waals surface area contributed by atoms with E-state index in [0.717, 1.165) is 0 Å². The molecule has 0 unspecified atom stereocenters. The van der Waals surface area contributed by atoms with Gasteiger partial charge < -0.3 is 15.0 Å². The van der Waals surface area contributed by atoms with Crippen LogP contribution in [0.3, 0.4) is 0 Å². The van der Waals surface area contributed by atoms with E-state index in [0.29, 0.717) is 22.6 Å². The van der Waals surface area contributed by atoms with Crippen LogP contribution < -0.4 is 5.73 Å². The summed E-state index contributed by atoms with van der Waals surface area (Å²) in [6.45, 7) is 2.98. The fraction of sp³-hybridized carbons (Fsp3) is 0.158. The summed E-state index contributed by atoms with van der Waals surface area (Å²) in [6, 6.07) is 7.92. The highest BCUT2D eigenvalue weighted by Crippen LogP contribution is 2.23. The van der Waals surface area contributed by atoms with Gasteiger partial charge in [0.05, 0.1) is 5.69 Å². The minimum Gasteiger partial charge on any atom is -0.452 e. The van der Waals surface area contributed by atoms with Crippen LogP contribution in [0.5, 0.6) is 0 Å². The average Bonchev–Trinajstić information content (AvgIpc) is 2.95. The van der Waals surface area contributed by atoms with Crippen molar-refractivity contribution in [1.29, 1.82) is 0 Å². The second-order valence-electron chi connectivity index (χ2n) is 5.86. The number of hydrogen-bond acceptors (Lipinski definition) is 6. The molecular formula is C19H17FN4O3. The zero-order chi connectivity index (χ0) is 19.6. The van der Waals surface area contributed by atoms with Crippen LogP contribution in [0.15, 0.2) is 42.7 Å². The number of nitrogens with zero attached hydrogens (tertiary/aromatic N) is 3. The van der Waals surface area contributed by atoms with Crippen LogP contribution in [-0.2, 0) is 4.74 Å². The van der Waals surface area contributed by atoms with E-state index in [-0.39, 0.29) is 11.5 Å². The SMILES string of the molecule is Cc1cc(C(=O)COC(=O)c2nccnc2N)c(C)n1-c1ccccc1F. The zero-order valence-corrected chi connectivity index (χ0v) is 14.8. The molecule has 8 heteroatoms. The number of aromatic nitrogens is 3. The second kappa shape index (κ2) is 7.36. The standard InChI is InChI=1S/C19H17FN4O3/c1-11-9-13(12(2)24(11)15-6-4-3-5-14(15)20)16(25)10-27-19(26)17-18(21)23-8-7-22-17/h3-9H,10H2,1-2H3,(H2,21,23). The van der Waals surface area contributed by atoms with Crippen LogP contribution in [0.25, 0.3) is 5.69 Å². The summed E-state index contributed by atoms with van der Waals surface area (Å²) in [7, 11) is 0. The predicted molar refractivity (Wildman–Crippen MR) is 96.3 cm³/mol. The van der Waals surface area contributed by atoms with Crippen LogP contribution in [0.2, 0.25) is 0 Å². The Morgan fingerprint density at radius 2 is 1.89 bits per heavy atom. The largest absolute Gasteiger partial charge is 0.452 e. The van der Waals surface area contributed by atoms with E-state index in [4.69, 9.17) is 10.5 Å². The summed E-state index contributed by atoms with van der Waals surface area (Å²) >= 11 is 0. The number of para-hydroxylation sites is 1. The number of nitrogen functional groups attached to an aromatic ring is 1. The minimum atomic E-state index is -0.836. The Labute approximate surface area is 154 Å². The van der Waals surface area contributed by atoms with E-state index in [1.54, 1.807) is 42.7 Å². The Morgan fingerprint density at radius 3 is 2.59 bits per heavy atom. The molecule has 0 fully saturated rings. The van der Waals surface area contributed by atoms with Gasteiger partial charge in [-0.3, -0.25) is 4.79 Å². The van der Waals surface area contributed by atoms with Gasteiger partial charge >= 0.3 is 5.97 Å². The molecule has 0 aliphatic rings. The van der Waals surface area contributed by atoms with Crippen LogP contribution in [0.4, 0.5) is 10.2 Å². The first-order valence-corrected chi connectivity index (χ1v) is 8.10. The molecule has 0 saturated carbocycles. The highest BCUT2D eigenvalue weighted by atomic mass is 19.1. The first-order valence-electron chi connectivity index (χ1n) is 8.10. The average molecular weight is 368 g/mol. The van der Waals surface area contributed by atoms with Crippen LogP contribution >= 0.6 is 0 Å². The van der Waals surface area contributed by atoms with Crippen molar-refractivity contribution in [2.45, 2.75) is 13.8 Å². The number of ketones is 1. The number of Topliss-reactive ketones (excluding diaryl/α,β-unsaturated/α-hetero) is 1. The van der Waals surface area contributed by atoms with Gasteiger partial charge in [-0.25, -0.2) is 19.2 Å². The van der Waals surface area contributed by atoms with Gasteiger partial charge in [0, 0.05) is 29.3 Å². The van der Waals surface area contributed by atoms with Crippen LogP contribution in [0.1, 0.15) is 32.2 Å². The number of halogens is 1. The summed E-state index contributed by atoms with van der Waals surface area (Å²) in [5, 5.41) is 0. The molecular weight excluding hydrogens is 351 g/mol. The second-order valence-corrected chi connectivity index (χ2v) is 5.86. The number of carbonyl (C=O) groups is 2. The maximum absolute atomic E-state index is 14.1. The summed E-state index contributed by atoms with van der Waals surface area (Å²) in [5.41, 5.74) is 7.34. The number of nitrogens with two attached hydrogens (primary N) is 1. The third-order valence-electron chi connectivity index (χ3n) is 4.08. The van der Waals surface area contributed by atoms with Crippen molar-refractivity contribution in [3.8, 4) is 5.69 Å². The van der Waals surface area contributed by atoms with Gasteiger partial charge in [0.2, 0.25) is 5.78 Å². The normalized spacial score (nSPS) is 10.6. The molecule has 0 amide bonds. The first kappa shape index (κ1) is 18.2. The van der Waals surface area contributed by atoms with Gasteiger partial charge in [0.15, 0.2) is 18.1 Å². The molecule has 2 N–H and O–H groups in total. The molecule has 0 saturated heterocycles. The molecule has 3 rings (SSSR count). The van der Waals surface area contributed by atoms with Crippen molar-refractivity contribution in [2.24, 2.45) is 0 Å². The highest BCUT2D eigenvalue weighted by molar-refractivity contribution is 6.01. The van der Waals surface area contributed by atoms with Gasteiger partial charge in [-0.05, 0) is 32.0 Å². The van der Waals surface area contributed by atoms with Crippen LogP contribution in [0, 0.1) is 19.7 Å². The molecule has 0 aliphatic heterocycles. The maximum atomic E-state index is 14.1. The number of hydrogen-bond donors (Lipinski definition) is 1. The zero-order valence-electron chi connectivity index (χ0n) is 14.8. The first-order chi connectivity index (χ1) is 12.9. The highest BCUT2D eigenvalue weighted by Gasteiger charge is 2.21. The molecule has 2 heterocycles. The van der Waals surface area contributed by atoms with Gasteiger partial charge in [-0.2, -0.15) is 0 Å². The molecule has 1 aromatic carbocycles. The van der Waals surface area contributed by atoms with Crippen molar-refractivity contribution in [1.82, 2.24) is 14.5 Å². The smallest absolute Gasteiger partial charge is 0.361 e. The minimum absolute atomic E-state index is 0.0762. The lowest BCUT2D eigenvalue weighted by Crippen LogP contribution is -2.17. The van der Waals surface area contributed by atoms with Crippen molar-refractivity contribution in [3.05, 3.63) is 71.2 Å². The lowest BCUT2D eigenvalue weighted by Gasteiger charge is -2.11. The quantitative estimate of drug-likeness (QED) is 0.549. The molecule has 0 aliphatic carbocycles. The van der Waals surface area contributed by atoms with Crippen molar-refractivity contribution in [2.75, 3.05) is 12.3 Å². The molecule has 0 atom stereocenters. The van der Waals surface area contributed by atoms with Gasteiger partial charge in [0.25, 0.3) is 0 Å². The van der Waals surface area contributed by atoms with Crippen LogP contribution in [-0.4, -0.2) is 32.9 Å². The van der Waals surface area contributed by atoms with E-state index >= 15 is 0 Å². The Hall–Kier alpha value is -3.55. The van der Waals surface area contributed by atoms with Gasteiger partial charge in [-0.15, -0.1) is 0 Å². The lowest BCUT2D eigenvalue weighted by molar-refractivity contribution is 0.0469. The maximum Gasteiger partial charge on any atom is 0.361 e. The van der Waals surface area contributed by atoms with Crippen molar-refractivity contribution < 1.29 is 18.7 Å². The third kappa shape index (κ3) is 3.55. The van der Waals surface area contributed by atoms with E-state index in [1.165, 1.54) is 18.5 Å². The Balaban J connectivity index is 1.80. The monoisotopic (exact) mass is 368 g/mol. The molecule has 0 radical (unpaired) electrons. The molecule has 138 valence electrons. The molecule has 3 aromatic rings. The summed E-state index contributed by atoms with van der Waals surface area (Å²) < 4.78 is 20.8. The van der Waals surface area contributed by atoms with E-state index in [2.05, 4.69) is 9.97 Å². The van der Waals surface area contributed by atoms with E-state index in [9.17, 15) is 14.0 Å². The molecule has 0 bridgehead atoms. The Bertz CT molecular complexity index is 1030. The Kier molecular flexibility index (Phi) is 4.98. The summed E-state index contributed by atoms with van der Waals surface area (Å²) in [6.07, 6.45) is 2.64. The molecule has 0 spiro atoms. The number of anilines is 1. The molecule has 2 aromatic heterocycles. The lowest BCUT2D eigenvalue weighted by atomic mass is 10.1. The van der Waals surface area contributed by atoms with Crippen molar-refractivity contribution in [3.63, 3.8) is 0 Å².